The highest BCUT2D eigenvalue weighted by atomic mass is 16.5. The third-order valence-corrected chi connectivity index (χ3v) is 3.33. The monoisotopic (exact) mass is 274 g/mol. The van der Waals surface area contributed by atoms with Crippen molar-refractivity contribution >= 4 is 5.88 Å². The van der Waals surface area contributed by atoms with Gasteiger partial charge in [-0.25, -0.2) is 0 Å². The minimum absolute atomic E-state index is 0.00853. The lowest BCUT2D eigenvalue weighted by molar-refractivity contribution is 0.140. The first-order valence-corrected chi connectivity index (χ1v) is 6.57. The van der Waals surface area contributed by atoms with Crippen molar-refractivity contribution in [1.29, 1.82) is 0 Å². The van der Waals surface area contributed by atoms with Gasteiger partial charge in [-0.2, -0.15) is 0 Å². The molecule has 2 N–H and O–H groups in total. The molecule has 1 aromatic carbocycles. The number of rotatable bonds is 1. The highest BCUT2D eigenvalue weighted by molar-refractivity contribution is 5.69. The maximum absolute atomic E-state index is 5.87. The predicted molar refractivity (Wildman–Crippen MR) is 75.9 cm³/mol. The van der Waals surface area contributed by atoms with Crippen molar-refractivity contribution < 1.29 is 14.0 Å². The van der Waals surface area contributed by atoms with Gasteiger partial charge in [-0.15, -0.1) is 0 Å². The number of aromatic nitrogens is 1. The van der Waals surface area contributed by atoms with Crippen molar-refractivity contribution in [1.82, 2.24) is 5.16 Å². The largest absolute Gasteiger partial charge is 0.489 e. The van der Waals surface area contributed by atoms with Crippen molar-refractivity contribution in [3.05, 3.63) is 23.8 Å². The van der Waals surface area contributed by atoms with Crippen molar-refractivity contribution in [2.24, 2.45) is 5.41 Å². The summed E-state index contributed by atoms with van der Waals surface area (Å²) in [5.74, 6) is 1.80. The Kier molecular flexibility index (Phi) is 2.85. The number of hydrogen-bond donors (Lipinski definition) is 1. The summed E-state index contributed by atoms with van der Waals surface area (Å²) in [5.41, 5.74) is 8.25. The van der Waals surface area contributed by atoms with Crippen LogP contribution in [-0.4, -0.2) is 18.4 Å². The van der Waals surface area contributed by atoms with Crippen LogP contribution in [0, 0.1) is 12.3 Å². The third-order valence-electron chi connectivity index (χ3n) is 3.33. The Bertz CT molecular complexity index is 647. The number of ether oxygens (including phenoxy) is 2. The Labute approximate surface area is 117 Å². The zero-order chi connectivity index (χ0) is 14.3. The molecule has 1 aromatic heterocycles. The van der Waals surface area contributed by atoms with Crippen molar-refractivity contribution in [2.75, 3.05) is 18.9 Å². The second-order valence-corrected chi connectivity index (χ2v) is 5.97. The summed E-state index contributed by atoms with van der Waals surface area (Å²) in [4.78, 5) is 0. The molecule has 3 rings (SSSR count). The lowest BCUT2D eigenvalue weighted by Crippen LogP contribution is -2.26. The molecule has 0 unspecified atom stereocenters. The number of fused-ring (bicyclic) bond motifs is 1. The molecule has 20 heavy (non-hydrogen) atoms. The molecule has 5 heteroatoms. The van der Waals surface area contributed by atoms with Crippen LogP contribution in [0.2, 0.25) is 0 Å². The SMILES string of the molecule is Cc1cc2c(cc1-c1cc(N)on1)OCC(C)(C)CO2. The molecule has 5 nitrogen and oxygen atoms in total. The summed E-state index contributed by atoms with van der Waals surface area (Å²) >= 11 is 0. The molecular weight excluding hydrogens is 256 g/mol. The first kappa shape index (κ1) is 12.8. The minimum Gasteiger partial charge on any atom is -0.489 e. The van der Waals surface area contributed by atoms with Gasteiger partial charge in [0.15, 0.2) is 11.5 Å². The third kappa shape index (κ3) is 2.31. The second-order valence-electron chi connectivity index (χ2n) is 5.97. The molecule has 1 aliphatic heterocycles. The average molecular weight is 274 g/mol. The molecule has 0 radical (unpaired) electrons. The molecule has 2 aromatic rings. The second kappa shape index (κ2) is 4.44. The zero-order valence-electron chi connectivity index (χ0n) is 11.9. The van der Waals surface area contributed by atoms with Gasteiger partial charge in [0.25, 0.3) is 0 Å². The maximum atomic E-state index is 5.87. The molecule has 0 spiro atoms. The fraction of sp³-hybridized carbons (Fsp3) is 0.400. The topological polar surface area (TPSA) is 70.5 Å². The van der Waals surface area contributed by atoms with Crippen LogP contribution >= 0.6 is 0 Å². The lowest BCUT2D eigenvalue weighted by Gasteiger charge is -2.19. The van der Waals surface area contributed by atoms with E-state index in [1.807, 2.05) is 19.1 Å². The Balaban J connectivity index is 2.02. The summed E-state index contributed by atoms with van der Waals surface area (Å²) in [6, 6.07) is 5.61. The van der Waals surface area contributed by atoms with Crippen LogP contribution in [0.4, 0.5) is 5.88 Å². The minimum atomic E-state index is -0.00853. The molecule has 0 amide bonds. The molecule has 0 bridgehead atoms. The van der Waals surface area contributed by atoms with E-state index in [1.165, 1.54) is 0 Å². The quantitative estimate of drug-likeness (QED) is 0.865. The van der Waals surface area contributed by atoms with Crippen molar-refractivity contribution in [3.63, 3.8) is 0 Å². The number of hydrogen-bond acceptors (Lipinski definition) is 5. The van der Waals surface area contributed by atoms with Gasteiger partial charge < -0.3 is 19.7 Å². The molecular formula is C15H18N2O3. The molecule has 0 fully saturated rings. The number of benzene rings is 1. The van der Waals surface area contributed by atoms with Gasteiger partial charge in [0.2, 0.25) is 5.88 Å². The van der Waals surface area contributed by atoms with Gasteiger partial charge >= 0.3 is 0 Å². The van der Waals surface area contributed by atoms with Gasteiger partial charge in [-0.05, 0) is 24.6 Å². The number of nitrogens with zero attached hydrogens (tertiary/aromatic N) is 1. The lowest BCUT2D eigenvalue weighted by atomic mass is 9.97. The Morgan fingerprint density at radius 1 is 1.10 bits per heavy atom. The Hall–Kier alpha value is -2.17. The number of nitrogen functional groups attached to an aromatic ring is 1. The van der Waals surface area contributed by atoms with E-state index in [2.05, 4.69) is 19.0 Å². The van der Waals surface area contributed by atoms with Gasteiger partial charge in [-0.3, -0.25) is 0 Å². The van der Waals surface area contributed by atoms with E-state index in [-0.39, 0.29) is 5.41 Å². The smallest absolute Gasteiger partial charge is 0.222 e. The van der Waals surface area contributed by atoms with Gasteiger partial charge in [0, 0.05) is 17.0 Å². The molecule has 0 atom stereocenters. The summed E-state index contributed by atoms with van der Waals surface area (Å²) in [6.45, 7) is 7.48. The van der Waals surface area contributed by atoms with E-state index in [0.717, 1.165) is 22.6 Å². The normalized spacial score (nSPS) is 16.8. The summed E-state index contributed by atoms with van der Waals surface area (Å²) in [6.07, 6.45) is 0. The van der Waals surface area contributed by atoms with Crippen molar-refractivity contribution in [3.8, 4) is 22.8 Å². The summed E-state index contributed by atoms with van der Waals surface area (Å²) < 4.78 is 16.7. The van der Waals surface area contributed by atoms with Crippen LogP contribution in [0.15, 0.2) is 22.7 Å². The maximum Gasteiger partial charge on any atom is 0.222 e. The van der Waals surface area contributed by atoms with Gasteiger partial charge in [0.05, 0.1) is 13.2 Å². The van der Waals surface area contributed by atoms with E-state index in [9.17, 15) is 0 Å². The van der Waals surface area contributed by atoms with E-state index in [0.29, 0.717) is 24.8 Å². The molecule has 0 saturated carbocycles. The molecule has 1 aliphatic rings. The molecule has 0 saturated heterocycles. The summed E-state index contributed by atoms with van der Waals surface area (Å²) in [7, 11) is 0. The molecule has 0 aliphatic carbocycles. The van der Waals surface area contributed by atoms with E-state index >= 15 is 0 Å². The van der Waals surface area contributed by atoms with E-state index < -0.39 is 0 Å². The fourth-order valence-electron chi connectivity index (χ4n) is 2.17. The Morgan fingerprint density at radius 2 is 1.75 bits per heavy atom. The van der Waals surface area contributed by atoms with Crippen LogP contribution in [-0.2, 0) is 0 Å². The molecule has 106 valence electrons. The zero-order valence-corrected chi connectivity index (χ0v) is 11.9. The number of nitrogens with two attached hydrogens (primary N) is 1. The van der Waals surface area contributed by atoms with Gasteiger partial charge in [0.1, 0.15) is 5.69 Å². The number of aryl methyl sites for hydroxylation is 1. The first-order valence-electron chi connectivity index (χ1n) is 6.57. The van der Waals surface area contributed by atoms with Crippen LogP contribution in [0.25, 0.3) is 11.3 Å². The summed E-state index contributed by atoms with van der Waals surface area (Å²) in [5, 5.41) is 3.95. The van der Waals surface area contributed by atoms with Crippen LogP contribution in [0.1, 0.15) is 19.4 Å². The van der Waals surface area contributed by atoms with Crippen molar-refractivity contribution in [2.45, 2.75) is 20.8 Å². The van der Waals surface area contributed by atoms with Crippen LogP contribution < -0.4 is 15.2 Å². The first-order chi connectivity index (χ1) is 9.44. The van der Waals surface area contributed by atoms with Crippen LogP contribution in [0.5, 0.6) is 11.5 Å². The van der Waals surface area contributed by atoms with E-state index in [4.69, 9.17) is 19.7 Å². The Morgan fingerprint density at radius 3 is 2.35 bits per heavy atom. The highest BCUT2D eigenvalue weighted by Crippen LogP contribution is 2.39. The number of anilines is 1. The van der Waals surface area contributed by atoms with Gasteiger partial charge in [-0.1, -0.05) is 19.0 Å². The van der Waals surface area contributed by atoms with Crippen LogP contribution in [0.3, 0.4) is 0 Å². The molecule has 2 heterocycles. The average Bonchev–Trinajstić information content (AvgIpc) is 2.75. The predicted octanol–water partition coefficient (Wildman–Crippen LogP) is 3.03. The standard InChI is InChI=1S/C15H18N2O3/c1-9-4-12-13(19-8-15(2,3)7-18-12)5-10(9)11-6-14(16)20-17-11/h4-6H,7-8,16H2,1-3H3. The fourth-order valence-corrected chi connectivity index (χ4v) is 2.17. The highest BCUT2D eigenvalue weighted by Gasteiger charge is 2.26. The van der Waals surface area contributed by atoms with E-state index in [1.54, 1.807) is 6.07 Å².